The van der Waals surface area contributed by atoms with Gasteiger partial charge in [-0.3, -0.25) is 0 Å². The SMILES string of the molecule is CC#CC(=O)Oc1cccc2occc12. The van der Waals surface area contributed by atoms with E-state index < -0.39 is 5.97 Å². The standard InChI is InChI=1S/C12H8O3/c1-2-4-12(13)15-11-6-3-5-10-9(11)7-8-14-10/h3,5-8H,1H3. The highest BCUT2D eigenvalue weighted by Crippen LogP contribution is 2.26. The molecule has 1 heterocycles. The van der Waals surface area contributed by atoms with E-state index in [1.165, 1.54) is 0 Å². The van der Waals surface area contributed by atoms with Crippen molar-refractivity contribution in [1.29, 1.82) is 0 Å². The number of hydrogen-bond acceptors (Lipinski definition) is 3. The second-order valence-electron chi connectivity index (χ2n) is 2.85. The van der Waals surface area contributed by atoms with Crippen LogP contribution in [0.15, 0.2) is 34.9 Å². The molecule has 0 saturated carbocycles. The lowest BCUT2D eigenvalue weighted by Gasteiger charge is -2.00. The van der Waals surface area contributed by atoms with E-state index in [0.29, 0.717) is 11.3 Å². The molecule has 15 heavy (non-hydrogen) atoms. The van der Waals surface area contributed by atoms with Gasteiger partial charge in [0.15, 0.2) is 0 Å². The van der Waals surface area contributed by atoms with Gasteiger partial charge in [0.05, 0.1) is 11.6 Å². The molecule has 0 spiro atoms. The van der Waals surface area contributed by atoms with Crippen LogP contribution in [0.1, 0.15) is 6.92 Å². The average molecular weight is 200 g/mol. The predicted molar refractivity (Wildman–Crippen MR) is 55.3 cm³/mol. The van der Waals surface area contributed by atoms with Gasteiger partial charge in [-0.05, 0) is 25.1 Å². The molecule has 0 aliphatic heterocycles. The number of hydrogen-bond donors (Lipinski definition) is 0. The number of carbonyl (C=O) groups excluding carboxylic acids is 1. The van der Waals surface area contributed by atoms with E-state index in [9.17, 15) is 4.79 Å². The zero-order valence-corrected chi connectivity index (χ0v) is 8.11. The molecule has 1 aromatic carbocycles. The van der Waals surface area contributed by atoms with E-state index in [4.69, 9.17) is 9.15 Å². The van der Waals surface area contributed by atoms with Crippen LogP contribution in [0.3, 0.4) is 0 Å². The molecule has 0 aliphatic carbocycles. The Morgan fingerprint density at radius 2 is 2.27 bits per heavy atom. The monoisotopic (exact) mass is 200 g/mol. The van der Waals surface area contributed by atoms with Gasteiger partial charge in [-0.2, -0.15) is 0 Å². The fourth-order valence-electron chi connectivity index (χ4n) is 1.28. The normalized spacial score (nSPS) is 9.40. The molecule has 2 rings (SSSR count). The predicted octanol–water partition coefficient (Wildman–Crippen LogP) is 2.36. The number of ether oxygens (including phenoxy) is 1. The van der Waals surface area contributed by atoms with Gasteiger partial charge in [-0.15, -0.1) is 0 Å². The third-order valence-electron chi connectivity index (χ3n) is 1.89. The molecular formula is C12H8O3. The number of rotatable bonds is 1. The van der Waals surface area contributed by atoms with Crippen LogP contribution in [0.4, 0.5) is 0 Å². The fourth-order valence-corrected chi connectivity index (χ4v) is 1.28. The van der Waals surface area contributed by atoms with Crippen molar-refractivity contribution in [2.45, 2.75) is 6.92 Å². The Bertz CT molecular complexity index is 555. The van der Waals surface area contributed by atoms with Crippen LogP contribution in [0.25, 0.3) is 11.0 Å². The minimum Gasteiger partial charge on any atom is -0.464 e. The van der Waals surface area contributed by atoms with Crippen LogP contribution in [0.5, 0.6) is 5.75 Å². The summed E-state index contributed by atoms with van der Waals surface area (Å²) in [7, 11) is 0. The highest BCUT2D eigenvalue weighted by atomic mass is 16.5. The Kier molecular flexibility index (Phi) is 2.42. The van der Waals surface area contributed by atoms with Crippen molar-refractivity contribution < 1.29 is 13.9 Å². The molecule has 3 nitrogen and oxygen atoms in total. The van der Waals surface area contributed by atoms with Crippen LogP contribution in [-0.4, -0.2) is 5.97 Å². The van der Waals surface area contributed by atoms with Gasteiger partial charge in [0.1, 0.15) is 11.3 Å². The number of esters is 1. The van der Waals surface area contributed by atoms with Gasteiger partial charge < -0.3 is 9.15 Å². The molecule has 1 aromatic heterocycles. The summed E-state index contributed by atoms with van der Waals surface area (Å²) in [5, 5.41) is 0.767. The quantitative estimate of drug-likeness (QED) is 0.307. The third kappa shape index (κ3) is 1.84. The van der Waals surface area contributed by atoms with Crippen molar-refractivity contribution >= 4 is 16.9 Å². The van der Waals surface area contributed by atoms with Crippen LogP contribution in [0.2, 0.25) is 0 Å². The molecule has 0 atom stereocenters. The third-order valence-corrected chi connectivity index (χ3v) is 1.89. The highest BCUT2D eigenvalue weighted by Gasteiger charge is 2.06. The Labute approximate surface area is 86.6 Å². The first-order chi connectivity index (χ1) is 7.31. The number of furan rings is 1. The number of benzene rings is 1. The molecule has 0 amide bonds. The van der Waals surface area contributed by atoms with Gasteiger partial charge in [0.25, 0.3) is 0 Å². The van der Waals surface area contributed by atoms with E-state index in [2.05, 4.69) is 11.8 Å². The van der Waals surface area contributed by atoms with Crippen molar-refractivity contribution in [1.82, 2.24) is 0 Å². The summed E-state index contributed by atoms with van der Waals surface area (Å²) < 4.78 is 10.2. The lowest BCUT2D eigenvalue weighted by atomic mass is 10.2. The van der Waals surface area contributed by atoms with Crippen molar-refractivity contribution in [3.8, 4) is 17.6 Å². The molecule has 0 bridgehead atoms. The largest absolute Gasteiger partial charge is 0.464 e. The molecule has 0 fully saturated rings. The van der Waals surface area contributed by atoms with Gasteiger partial charge >= 0.3 is 5.97 Å². The summed E-state index contributed by atoms with van der Waals surface area (Å²) in [6.45, 7) is 1.58. The van der Waals surface area contributed by atoms with Crippen LogP contribution < -0.4 is 4.74 Å². The Morgan fingerprint density at radius 3 is 3.07 bits per heavy atom. The first kappa shape index (κ1) is 9.35. The molecule has 0 radical (unpaired) electrons. The van der Waals surface area contributed by atoms with Crippen LogP contribution in [0, 0.1) is 11.8 Å². The van der Waals surface area contributed by atoms with Crippen LogP contribution in [-0.2, 0) is 4.79 Å². The van der Waals surface area contributed by atoms with E-state index in [1.54, 1.807) is 37.5 Å². The molecule has 74 valence electrons. The second-order valence-corrected chi connectivity index (χ2v) is 2.85. The first-order valence-electron chi connectivity index (χ1n) is 4.42. The summed E-state index contributed by atoms with van der Waals surface area (Å²) in [5.74, 6) is 4.69. The van der Waals surface area contributed by atoms with E-state index in [1.807, 2.05) is 0 Å². The summed E-state index contributed by atoms with van der Waals surface area (Å²) >= 11 is 0. The van der Waals surface area contributed by atoms with Crippen molar-refractivity contribution in [3.05, 3.63) is 30.5 Å². The minimum absolute atomic E-state index is 0.467. The van der Waals surface area contributed by atoms with E-state index in [0.717, 1.165) is 5.39 Å². The molecule has 0 saturated heterocycles. The Hall–Kier alpha value is -2.21. The van der Waals surface area contributed by atoms with Crippen molar-refractivity contribution in [2.24, 2.45) is 0 Å². The van der Waals surface area contributed by atoms with Crippen molar-refractivity contribution in [2.75, 3.05) is 0 Å². The molecule has 3 heteroatoms. The van der Waals surface area contributed by atoms with Gasteiger partial charge in [-0.25, -0.2) is 4.79 Å². The highest BCUT2D eigenvalue weighted by molar-refractivity contribution is 5.93. The van der Waals surface area contributed by atoms with E-state index in [-0.39, 0.29) is 0 Å². The lowest BCUT2D eigenvalue weighted by Crippen LogP contribution is -2.04. The molecule has 0 unspecified atom stereocenters. The van der Waals surface area contributed by atoms with Crippen molar-refractivity contribution in [3.63, 3.8) is 0 Å². The number of fused-ring (bicyclic) bond motifs is 1. The zero-order chi connectivity index (χ0) is 10.7. The number of carbonyl (C=O) groups is 1. The average Bonchev–Trinajstić information content (AvgIpc) is 2.67. The summed E-state index contributed by atoms with van der Waals surface area (Å²) in [6.07, 6.45) is 1.55. The molecule has 2 aromatic rings. The molecular weight excluding hydrogens is 192 g/mol. The fraction of sp³-hybridized carbons (Fsp3) is 0.0833. The lowest BCUT2D eigenvalue weighted by molar-refractivity contribution is -0.127. The van der Waals surface area contributed by atoms with Gasteiger partial charge in [0.2, 0.25) is 0 Å². The second kappa shape index (κ2) is 3.89. The first-order valence-corrected chi connectivity index (χ1v) is 4.42. The summed E-state index contributed by atoms with van der Waals surface area (Å²) in [5.41, 5.74) is 0.685. The maximum absolute atomic E-state index is 11.2. The minimum atomic E-state index is -0.564. The summed E-state index contributed by atoms with van der Waals surface area (Å²) in [6, 6.07) is 7.01. The maximum Gasteiger partial charge on any atom is 0.389 e. The Morgan fingerprint density at radius 1 is 1.40 bits per heavy atom. The Balaban J connectivity index is 2.38. The van der Waals surface area contributed by atoms with Gasteiger partial charge in [-0.1, -0.05) is 12.0 Å². The van der Waals surface area contributed by atoms with Crippen LogP contribution >= 0.6 is 0 Å². The zero-order valence-electron chi connectivity index (χ0n) is 8.11. The topological polar surface area (TPSA) is 39.4 Å². The van der Waals surface area contributed by atoms with E-state index >= 15 is 0 Å². The maximum atomic E-state index is 11.2. The molecule has 0 aliphatic rings. The summed E-state index contributed by atoms with van der Waals surface area (Å²) in [4.78, 5) is 11.2. The smallest absolute Gasteiger partial charge is 0.389 e. The van der Waals surface area contributed by atoms with Gasteiger partial charge in [0, 0.05) is 5.92 Å². The molecule has 0 N–H and O–H groups in total.